The zero-order valence-corrected chi connectivity index (χ0v) is 13.3. The summed E-state index contributed by atoms with van der Waals surface area (Å²) in [5.41, 5.74) is 0.930. The standard InChI is InChI=1S/C15H22O4S/c1-5-16-12-9-11(15(3)18-7-8-19-15)10-13(17-6-2)14(12)20-4/h9-10H,5-8H2,1-4H3. The van der Waals surface area contributed by atoms with Crippen molar-refractivity contribution in [2.45, 2.75) is 31.5 Å². The number of hydrogen-bond donors (Lipinski definition) is 0. The maximum Gasteiger partial charge on any atom is 0.192 e. The van der Waals surface area contributed by atoms with Crippen molar-refractivity contribution in [1.82, 2.24) is 0 Å². The van der Waals surface area contributed by atoms with E-state index < -0.39 is 5.79 Å². The number of hydrogen-bond acceptors (Lipinski definition) is 5. The summed E-state index contributed by atoms with van der Waals surface area (Å²) in [5, 5.41) is 0. The molecule has 1 aliphatic rings. The lowest BCUT2D eigenvalue weighted by molar-refractivity contribution is -0.150. The molecule has 0 spiro atoms. The summed E-state index contributed by atoms with van der Waals surface area (Å²) in [6.45, 7) is 8.31. The van der Waals surface area contributed by atoms with Crippen LogP contribution in [0.25, 0.3) is 0 Å². The average molecular weight is 298 g/mol. The second-order valence-electron chi connectivity index (χ2n) is 4.51. The van der Waals surface area contributed by atoms with Crippen LogP contribution in [0.15, 0.2) is 17.0 Å². The minimum absolute atomic E-state index is 0.606. The first-order valence-electron chi connectivity index (χ1n) is 6.90. The summed E-state index contributed by atoms with van der Waals surface area (Å²) in [6.07, 6.45) is 2.02. The Labute approximate surface area is 124 Å². The van der Waals surface area contributed by atoms with Crippen molar-refractivity contribution >= 4 is 11.8 Å². The number of thioether (sulfide) groups is 1. The van der Waals surface area contributed by atoms with Crippen LogP contribution >= 0.6 is 11.8 Å². The molecule has 0 N–H and O–H groups in total. The smallest absolute Gasteiger partial charge is 0.192 e. The average Bonchev–Trinajstić information content (AvgIpc) is 2.87. The minimum Gasteiger partial charge on any atom is -0.493 e. The highest BCUT2D eigenvalue weighted by Crippen LogP contribution is 2.42. The maximum atomic E-state index is 5.75. The number of benzene rings is 1. The minimum atomic E-state index is -0.714. The van der Waals surface area contributed by atoms with Crippen LogP contribution in [0.2, 0.25) is 0 Å². The van der Waals surface area contributed by atoms with Gasteiger partial charge in [-0.25, -0.2) is 0 Å². The van der Waals surface area contributed by atoms with Crippen LogP contribution in [0.4, 0.5) is 0 Å². The van der Waals surface area contributed by atoms with E-state index in [1.54, 1.807) is 11.8 Å². The van der Waals surface area contributed by atoms with Gasteiger partial charge in [0, 0.05) is 5.56 Å². The maximum absolute atomic E-state index is 5.75. The lowest BCUT2D eigenvalue weighted by Gasteiger charge is -2.25. The first kappa shape index (κ1) is 15.5. The highest BCUT2D eigenvalue weighted by Gasteiger charge is 2.34. The highest BCUT2D eigenvalue weighted by atomic mass is 32.2. The molecule has 20 heavy (non-hydrogen) atoms. The van der Waals surface area contributed by atoms with Crippen molar-refractivity contribution in [2.24, 2.45) is 0 Å². The number of ether oxygens (including phenoxy) is 4. The van der Waals surface area contributed by atoms with E-state index in [4.69, 9.17) is 18.9 Å². The predicted octanol–water partition coefficient (Wildman–Crippen LogP) is 3.43. The molecule has 2 rings (SSSR count). The van der Waals surface area contributed by atoms with Crippen molar-refractivity contribution in [3.63, 3.8) is 0 Å². The third kappa shape index (κ3) is 3.05. The Bertz CT molecular complexity index is 428. The molecule has 1 fully saturated rings. The van der Waals surface area contributed by atoms with Gasteiger partial charge in [0.25, 0.3) is 0 Å². The van der Waals surface area contributed by atoms with Crippen molar-refractivity contribution in [2.75, 3.05) is 32.7 Å². The summed E-state index contributed by atoms with van der Waals surface area (Å²) in [7, 11) is 0. The summed E-state index contributed by atoms with van der Waals surface area (Å²) >= 11 is 1.62. The van der Waals surface area contributed by atoms with Crippen molar-refractivity contribution < 1.29 is 18.9 Å². The fourth-order valence-electron chi connectivity index (χ4n) is 2.25. The predicted molar refractivity (Wildman–Crippen MR) is 79.8 cm³/mol. The van der Waals surface area contributed by atoms with Gasteiger partial charge in [-0.3, -0.25) is 0 Å². The van der Waals surface area contributed by atoms with Gasteiger partial charge in [0.2, 0.25) is 0 Å². The van der Waals surface area contributed by atoms with Gasteiger partial charge in [-0.05, 0) is 39.2 Å². The second-order valence-corrected chi connectivity index (χ2v) is 5.33. The monoisotopic (exact) mass is 298 g/mol. The molecular formula is C15H22O4S. The Morgan fingerprint density at radius 1 is 1.10 bits per heavy atom. The molecule has 0 aliphatic carbocycles. The lowest BCUT2D eigenvalue weighted by atomic mass is 10.1. The van der Waals surface area contributed by atoms with Crippen molar-refractivity contribution in [1.29, 1.82) is 0 Å². The van der Waals surface area contributed by atoms with E-state index in [9.17, 15) is 0 Å². The third-order valence-electron chi connectivity index (χ3n) is 3.19. The van der Waals surface area contributed by atoms with E-state index in [1.165, 1.54) is 0 Å². The van der Waals surface area contributed by atoms with Crippen molar-refractivity contribution in [3.05, 3.63) is 17.7 Å². The van der Waals surface area contributed by atoms with Gasteiger partial charge in [-0.15, -0.1) is 11.8 Å². The van der Waals surface area contributed by atoms with E-state index in [1.807, 2.05) is 39.2 Å². The lowest BCUT2D eigenvalue weighted by Crippen LogP contribution is -2.22. The molecule has 0 aromatic heterocycles. The fourth-order valence-corrected chi connectivity index (χ4v) is 2.88. The van der Waals surface area contributed by atoms with Crippen LogP contribution in [0.3, 0.4) is 0 Å². The third-order valence-corrected chi connectivity index (χ3v) is 4.00. The van der Waals surface area contributed by atoms with Crippen LogP contribution in [0, 0.1) is 0 Å². The van der Waals surface area contributed by atoms with E-state index in [-0.39, 0.29) is 0 Å². The summed E-state index contributed by atoms with van der Waals surface area (Å²) < 4.78 is 22.9. The topological polar surface area (TPSA) is 36.9 Å². The van der Waals surface area contributed by atoms with E-state index in [0.29, 0.717) is 26.4 Å². The van der Waals surface area contributed by atoms with E-state index in [0.717, 1.165) is 22.0 Å². The van der Waals surface area contributed by atoms with Gasteiger partial charge in [0.15, 0.2) is 5.79 Å². The zero-order valence-electron chi connectivity index (χ0n) is 12.5. The molecule has 1 saturated heterocycles. The van der Waals surface area contributed by atoms with Gasteiger partial charge < -0.3 is 18.9 Å². The molecule has 1 aliphatic heterocycles. The summed E-state index contributed by atoms with van der Waals surface area (Å²) in [6, 6.07) is 3.98. The summed E-state index contributed by atoms with van der Waals surface area (Å²) in [5.74, 6) is 0.928. The van der Waals surface area contributed by atoms with Crippen LogP contribution in [0.5, 0.6) is 11.5 Å². The quantitative estimate of drug-likeness (QED) is 0.752. The molecule has 0 saturated carbocycles. The molecule has 4 nitrogen and oxygen atoms in total. The van der Waals surface area contributed by atoms with Gasteiger partial charge in [-0.1, -0.05) is 0 Å². The molecule has 0 unspecified atom stereocenters. The zero-order chi connectivity index (χ0) is 14.6. The molecule has 0 radical (unpaired) electrons. The molecule has 112 valence electrons. The Morgan fingerprint density at radius 3 is 2.00 bits per heavy atom. The molecular weight excluding hydrogens is 276 g/mol. The second kappa shape index (κ2) is 6.70. The Morgan fingerprint density at radius 2 is 1.60 bits per heavy atom. The molecule has 5 heteroatoms. The van der Waals surface area contributed by atoms with Gasteiger partial charge in [0.05, 0.1) is 31.3 Å². The molecule has 1 heterocycles. The Hall–Kier alpha value is -0.910. The van der Waals surface area contributed by atoms with Gasteiger partial charge >= 0.3 is 0 Å². The van der Waals surface area contributed by atoms with Gasteiger partial charge in [-0.2, -0.15) is 0 Å². The highest BCUT2D eigenvalue weighted by molar-refractivity contribution is 7.98. The molecule has 1 aromatic rings. The van der Waals surface area contributed by atoms with Crippen LogP contribution in [-0.4, -0.2) is 32.7 Å². The Balaban J connectivity index is 2.47. The molecule has 0 atom stereocenters. The molecule has 0 bridgehead atoms. The van der Waals surface area contributed by atoms with Crippen LogP contribution in [0.1, 0.15) is 26.3 Å². The number of rotatable bonds is 6. The Kier molecular flexibility index (Phi) is 5.18. The SMILES string of the molecule is CCOc1cc(C2(C)OCCO2)cc(OCC)c1SC. The van der Waals surface area contributed by atoms with E-state index in [2.05, 4.69) is 0 Å². The first-order chi connectivity index (χ1) is 9.64. The van der Waals surface area contributed by atoms with Crippen molar-refractivity contribution in [3.8, 4) is 11.5 Å². The van der Waals surface area contributed by atoms with Gasteiger partial charge in [0.1, 0.15) is 11.5 Å². The normalized spacial score (nSPS) is 17.2. The molecule has 1 aromatic carbocycles. The molecule has 0 amide bonds. The van der Waals surface area contributed by atoms with Crippen LogP contribution in [-0.2, 0) is 15.3 Å². The van der Waals surface area contributed by atoms with E-state index >= 15 is 0 Å². The largest absolute Gasteiger partial charge is 0.493 e. The first-order valence-corrected chi connectivity index (χ1v) is 8.13. The van der Waals surface area contributed by atoms with Crippen LogP contribution < -0.4 is 9.47 Å². The summed E-state index contributed by atoms with van der Waals surface area (Å²) in [4.78, 5) is 1.01. The fraction of sp³-hybridized carbons (Fsp3) is 0.600.